The Labute approximate surface area is 192 Å². The topological polar surface area (TPSA) is 29.5 Å². The van der Waals surface area contributed by atoms with Crippen molar-refractivity contribution in [2.24, 2.45) is 0 Å². The highest BCUT2D eigenvalue weighted by atomic mass is 19.1. The van der Waals surface area contributed by atoms with Crippen molar-refractivity contribution in [2.75, 3.05) is 11.5 Å². The molecule has 0 saturated carbocycles. The molecule has 0 fully saturated rings. The number of anilines is 1. The van der Waals surface area contributed by atoms with E-state index in [1.807, 2.05) is 47.4 Å². The van der Waals surface area contributed by atoms with Gasteiger partial charge in [0.15, 0.2) is 0 Å². The fraction of sp³-hybridized carbons (Fsp3) is 0.138. The van der Waals surface area contributed by atoms with Gasteiger partial charge in [0.1, 0.15) is 18.2 Å². The lowest BCUT2D eigenvalue weighted by atomic mass is 9.81. The van der Waals surface area contributed by atoms with Crippen LogP contribution in [-0.4, -0.2) is 12.5 Å². The zero-order valence-corrected chi connectivity index (χ0v) is 18.2. The van der Waals surface area contributed by atoms with E-state index in [0.29, 0.717) is 19.6 Å². The molecule has 0 spiro atoms. The Bertz CT molecular complexity index is 1310. The Kier molecular flexibility index (Phi) is 5.66. The second-order valence-corrected chi connectivity index (χ2v) is 8.25. The van der Waals surface area contributed by atoms with E-state index in [1.165, 1.54) is 12.1 Å². The molecule has 1 aliphatic heterocycles. The predicted octanol–water partition coefficient (Wildman–Crippen LogP) is 6.61. The first-order valence-electron chi connectivity index (χ1n) is 11.0. The molecule has 3 nitrogen and oxygen atoms in total. The number of hydrogen-bond acceptors (Lipinski definition) is 2. The summed E-state index contributed by atoms with van der Waals surface area (Å²) in [5.74, 6) is 0.489. The molecule has 164 valence electrons. The molecule has 0 bridgehead atoms. The Hall–Kier alpha value is -3.92. The van der Waals surface area contributed by atoms with E-state index >= 15 is 0 Å². The second-order valence-electron chi connectivity index (χ2n) is 8.25. The first kappa shape index (κ1) is 21.0. The van der Waals surface area contributed by atoms with Crippen LogP contribution in [0.1, 0.15) is 29.0 Å². The summed E-state index contributed by atoms with van der Waals surface area (Å²) in [6.45, 7) is 4.54. The summed E-state index contributed by atoms with van der Waals surface area (Å²) < 4.78 is 19.0. The van der Waals surface area contributed by atoms with Crippen LogP contribution in [0.25, 0.3) is 10.8 Å². The van der Waals surface area contributed by atoms with E-state index in [4.69, 9.17) is 4.74 Å². The van der Waals surface area contributed by atoms with Gasteiger partial charge in [-0.1, -0.05) is 67.3 Å². The molecule has 0 aliphatic carbocycles. The van der Waals surface area contributed by atoms with E-state index in [1.54, 1.807) is 18.2 Å². The Balaban J connectivity index is 1.59. The lowest BCUT2D eigenvalue weighted by Gasteiger charge is -2.35. The standard InChI is InChI=1S/C29H24FNO2/c1-2-17-33-24-14-9-22(10-15-24)26-18-28(32)31(19-20-7-12-23(30)13-8-20)27-16-11-21-5-3-4-6-25(21)29(26)27/h2-16,26H,1,17-19H2. The van der Waals surface area contributed by atoms with E-state index in [-0.39, 0.29) is 17.6 Å². The lowest BCUT2D eigenvalue weighted by Crippen LogP contribution is -2.36. The smallest absolute Gasteiger partial charge is 0.228 e. The van der Waals surface area contributed by atoms with Gasteiger partial charge >= 0.3 is 0 Å². The number of rotatable bonds is 6. The molecule has 0 N–H and O–H groups in total. The highest BCUT2D eigenvalue weighted by molar-refractivity contribution is 6.03. The van der Waals surface area contributed by atoms with Crippen molar-refractivity contribution < 1.29 is 13.9 Å². The third-order valence-corrected chi connectivity index (χ3v) is 6.17. The van der Waals surface area contributed by atoms with Crippen molar-refractivity contribution in [1.29, 1.82) is 0 Å². The van der Waals surface area contributed by atoms with Crippen molar-refractivity contribution >= 4 is 22.4 Å². The Morgan fingerprint density at radius 3 is 2.48 bits per heavy atom. The van der Waals surface area contributed by atoms with E-state index < -0.39 is 0 Å². The van der Waals surface area contributed by atoms with Crippen LogP contribution >= 0.6 is 0 Å². The molecule has 5 rings (SSSR count). The molecule has 4 aromatic carbocycles. The second kappa shape index (κ2) is 8.91. The average Bonchev–Trinajstić information content (AvgIpc) is 2.85. The number of amides is 1. The first-order chi connectivity index (χ1) is 16.1. The summed E-state index contributed by atoms with van der Waals surface area (Å²) in [7, 11) is 0. The highest BCUT2D eigenvalue weighted by Gasteiger charge is 2.33. The minimum absolute atomic E-state index is 0.0547. The zero-order valence-electron chi connectivity index (χ0n) is 18.2. The molecular weight excluding hydrogens is 413 g/mol. The molecule has 1 heterocycles. The highest BCUT2D eigenvalue weighted by Crippen LogP contribution is 2.44. The third-order valence-electron chi connectivity index (χ3n) is 6.17. The zero-order chi connectivity index (χ0) is 22.8. The van der Waals surface area contributed by atoms with Crippen LogP contribution in [0.3, 0.4) is 0 Å². The molecule has 1 atom stereocenters. The Morgan fingerprint density at radius 1 is 0.970 bits per heavy atom. The fourth-order valence-electron chi connectivity index (χ4n) is 4.59. The maximum absolute atomic E-state index is 13.4. The van der Waals surface area contributed by atoms with E-state index in [9.17, 15) is 9.18 Å². The molecule has 33 heavy (non-hydrogen) atoms. The molecule has 0 saturated heterocycles. The van der Waals surface area contributed by atoms with E-state index in [0.717, 1.165) is 38.9 Å². The Morgan fingerprint density at radius 2 is 1.73 bits per heavy atom. The van der Waals surface area contributed by atoms with Gasteiger partial charge in [-0.05, 0) is 57.8 Å². The van der Waals surface area contributed by atoms with Gasteiger partial charge in [-0.3, -0.25) is 4.79 Å². The maximum atomic E-state index is 13.4. The predicted molar refractivity (Wildman–Crippen MR) is 130 cm³/mol. The summed E-state index contributed by atoms with van der Waals surface area (Å²) >= 11 is 0. The molecule has 1 aliphatic rings. The largest absolute Gasteiger partial charge is 0.490 e. The minimum atomic E-state index is -0.282. The number of carbonyl (C=O) groups is 1. The SMILES string of the molecule is C=CCOc1ccc(C2CC(=O)N(Cc3ccc(F)cc3)c3ccc4ccccc4c32)cc1. The van der Waals surface area contributed by atoms with Crippen LogP contribution in [0, 0.1) is 5.82 Å². The summed E-state index contributed by atoms with van der Waals surface area (Å²) in [5, 5.41) is 2.28. The van der Waals surface area contributed by atoms with E-state index in [2.05, 4.69) is 24.8 Å². The van der Waals surface area contributed by atoms with Gasteiger partial charge < -0.3 is 9.64 Å². The van der Waals surface area contributed by atoms with Crippen LogP contribution < -0.4 is 9.64 Å². The van der Waals surface area contributed by atoms with Crippen molar-refractivity contribution in [2.45, 2.75) is 18.9 Å². The van der Waals surface area contributed by atoms with Crippen molar-refractivity contribution in [3.63, 3.8) is 0 Å². The lowest BCUT2D eigenvalue weighted by molar-refractivity contribution is -0.119. The van der Waals surface area contributed by atoms with Gasteiger partial charge in [-0.15, -0.1) is 0 Å². The fourth-order valence-corrected chi connectivity index (χ4v) is 4.59. The molecule has 1 unspecified atom stereocenters. The molecule has 4 heteroatoms. The monoisotopic (exact) mass is 437 g/mol. The van der Waals surface area contributed by atoms with Crippen LogP contribution in [0.5, 0.6) is 5.75 Å². The number of benzene rings is 4. The summed E-state index contributed by atoms with van der Waals surface area (Å²) in [5.41, 5.74) is 4.03. The molecule has 1 amide bonds. The summed E-state index contributed by atoms with van der Waals surface area (Å²) in [4.78, 5) is 15.2. The summed E-state index contributed by atoms with van der Waals surface area (Å²) in [6.07, 6.45) is 2.08. The van der Waals surface area contributed by atoms with Crippen LogP contribution in [0.2, 0.25) is 0 Å². The number of nitrogens with zero attached hydrogens (tertiary/aromatic N) is 1. The normalized spacial score (nSPS) is 15.4. The molecular formula is C29H24FNO2. The van der Waals surface area contributed by atoms with Crippen molar-refractivity contribution in [1.82, 2.24) is 0 Å². The van der Waals surface area contributed by atoms with Crippen LogP contribution in [0.15, 0.2) is 97.6 Å². The number of halogens is 1. The van der Waals surface area contributed by atoms with Gasteiger partial charge in [0.05, 0.1) is 6.54 Å². The maximum Gasteiger partial charge on any atom is 0.228 e. The average molecular weight is 438 g/mol. The molecule has 0 aromatic heterocycles. The van der Waals surface area contributed by atoms with Crippen LogP contribution in [-0.2, 0) is 11.3 Å². The third kappa shape index (κ3) is 4.12. The quantitative estimate of drug-likeness (QED) is 0.318. The number of ether oxygens (including phenoxy) is 1. The minimum Gasteiger partial charge on any atom is -0.490 e. The van der Waals surface area contributed by atoms with Gasteiger partial charge in [-0.25, -0.2) is 4.39 Å². The summed E-state index contributed by atoms with van der Waals surface area (Å²) in [6, 6.07) is 26.7. The van der Waals surface area contributed by atoms with Gasteiger partial charge in [0, 0.05) is 18.0 Å². The number of carbonyl (C=O) groups excluding carboxylic acids is 1. The molecule has 0 radical (unpaired) electrons. The number of fused-ring (bicyclic) bond motifs is 3. The van der Waals surface area contributed by atoms with Crippen LogP contribution in [0.4, 0.5) is 10.1 Å². The molecule has 4 aromatic rings. The van der Waals surface area contributed by atoms with Crippen molar-refractivity contribution in [3.8, 4) is 5.75 Å². The van der Waals surface area contributed by atoms with Crippen molar-refractivity contribution in [3.05, 3.63) is 120 Å². The number of hydrogen-bond donors (Lipinski definition) is 0. The van der Waals surface area contributed by atoms with Gasteiger partial charge in [-0.2, -0.15) is 0 Å². The van der Waals surface area contributed by atoms with Gasteiger partial charge in [0.2, 0.25) is 5.91 Å². The first-order valence-corrected chi connectivity index (χ1v) is 11.0. The van der Waals surface area contributed by atoms with Gasteiger partial charge in [0.25, 0.3) is 0 Å².